The summed E-state index contributed by atoms with van der Waals surface area (Å²) in [7, 11) is 0. The zero-order valence-corrected chi connectivity index (χ0v) is 66.1. The van der Waals surface area contributed by atoms with E-state index in [-0.39, 0.29) is 29.8 Å². The molecule has 5 aliphatic carbocycles. The SMILES string of the molecule is C[C@@H]1O[C@@H](O[C@@H]2[C@@H](O)[C@H](O[C@@H]3[C@@H](O)[C@H](C)O[C@@H](O[C@H]4[C@H](OC5CCC6(C)C7CC=C8C9CC(C)(C)CCC9(C(=O)O[C@@H]9O[C@H](CO[C@@H]%10O[C@H](CO)[C@@H](O)[C@H](O)[C@H]%10O)[C@@H](O)[C@H](O)[C@H]9O)CC[C@@]8(C)C7(C)CCC6[C@]5(C)CO)OC[C@H](O)[C@@H]4O)[C@@H]3O)O[C@H](CO)[C@H]2O[C@@H]2O[C@H](CO)[C@@H](O[C@@H]3OC[C@@H](O)[C@H](O)[C@H]3O)[C@H](O)[C@H]2O)[C@H](O)[C@H](O)[C@H]1O. The van der Waals surface area contributed by atoms with E-state index in [0.717, 1.165) is 5.57 Å². The molecule has 0 radical (unpaired) electrons. The van der Waals surface area contributed by atoms with Crippen LogP contribution in [-0.2, 0) is 80.6 Å². The molecule has 47 atom stereocenters. The number of aliphatic hydroxyl groups is 23. The first-order chi connectivity index (χ1) is 54.6. The van der Waals surface area contributed by atoms with Gasteiger partial charge in [0.2, 0.25) is 6.29 Å². The average Bonchev–Trinajstić information content (AvgIpc) is 0.673. The van der Waals surface area contributed by atoms with Gasteiger partial charge in [0.05, 0.1) is 70.0 Å². The van der Waals surface area contributed by atoms with E-state index in [2.05, 4.69) is 40.7 Å². The Kier molecular flexibility index (Phi) is 27.8. The number of hydrogen-bond acceptors (Lipinski definition) is 40. The highest BCUT2D eigenvalue weighted by Crippen LogP contribution is 2.76. The molecule has 12 fully saturated rings. The number of ether oxygens (including phenoxy) is 16. The van der Waals surface area contributed by atoms with Crippen molar-refractivity contribution in [1.29, 1.82) is 0 Å². The molecule has 0 aromatic carbocycles. The summed E-state index contributed by atoms with van der Waals surface area (Å²) in [6.07, 6.45) is -61.5. The molecule has 40 nitrogen and oxygen atoms in total. The lowest BCUT2D eigenvalue weighted by Crippen LogP contribution is -2.69. The highest BCUT2D eigenvalue weighted by molar-refractivity contribution is 5.79. The summed E-state index contributed by atoms with van der Waals surface area (Å²) in [5.41, 5.74) is -2.62. The van der Waals surface area contributed by atoms with E-state index in [0.29, 0.717) is 64.2 Å². The van der Waals surface area contributed by atoms with E-state index in [1.54, 1.807) is 0 Å². The monoisotopic (exact) mass is 1680 g/mol. The van der Waals surface area contributed by atoms with Crippen LogP contribution in [0.1, 0.15) is 120 Å². The van der Waals surface area contributed by atoms with Crippen LogP contribution in [0.4, 0.5) is 0 Å². The predicted octanol–water partition coefficient (Wildman–Crippen LogP) is -8.43. The van der Waals surface area contributed by atoms with Crippen molar-refractivity contribution in [2.45, 2.75) is 359 Å². The number of hydrogen-bond donors (Lipinski definition) is 23. The highest BCUT2D eigenvalue weighted by Gasteiger charge is 2.71. The van der Waals surface area contributed by atoms with Gasteiger partial charge in [0.1, 0.15) is 171 Å². The standard InChI is InChI=1S/C76H124O40/c1-27-40(83)46(89)52(95)64(104-27)114-60-56(99)68(108-35(22-79)58(60)112-65-54(97)49(92)57(34(21-78)107-65)111-63-50(93)42(85)31(81)23-101-63)113-59-41(84)28(2)105-67(55(59)98)115-61-43(86)32(82)24-102-69(61)110-39-12-13-72(5)37(73(39,6)26-80)11-14-75(8)38(72)10-9-29-30-19-71(3,4)15-17-76(30,18-16-74(29,75)7)70(100)116-66-53(96)48(91)45(88)36(109-66)25-103-62-51(94)47(90)44(87)33(20-77)106-62/h9,27-28,30-69,77-99H,10-26H2,1-8H3/t27-,28-,30?,31+,32-,33+,34+,35+,36+,37?,38?,39?,40-,41-,42-,43-,44+,45+,46+,47-,48-,49+,50+,51+,52+,53+,54+,55+,56+,57+,58+,59+,60+,61+,62+,63-,64-,65-,66-,67-,68-,69-,72?,73-,74+,75?,76?/m0/s1. The van der Waals surface area contributed by atoms with Gasteiger partial charge in [0.25, 0.3) is 0 Å². The Labute approximate surface area is 669 Å². The lowest BCUT2D eigenvalue weighted by atomic mass is 9.33. The summed E-state index contributed by atoms with van der Waals surface area (Å²) >= 11 is 0. The van der Waals surface area contributed by atoms with Gasteiger partial charge in [-0.2, -0.15) is 0 Å². The van der Waals surface area contributed by atoms with Crippen LogP contribution < -0.4 is 0 Å². The Balaban J connectivity index is 0.696. The molecule has 0 amide bonds. The van der Waals surface area contributed by atoms with Crippen molar-refractivity contribution in [2.24, 2.45) is 50.2 Å². The minimum Gasteiger partial charge on any atom is -0.432 e. The predicted molar refractivity (Wildman–Crippen MR) is 380 cm³/mol. The second-order valence-corrected chi connectivity index (χ2v) is 36.5. The second kappa shape index (κ2) is 35.3. The molecule has 116 heavy (non-hydrogen) atoms. The molecule has 7 unspecified atom stereocenters. The summed E-state index contributed by atoms with van der Waals surface area (Å²) in [5.74, 6) is -1.22. The van der Waals surface area contributed by atoms with Crippen LogP contribution in [0, 0.1) is 50.2 Å². The second-order valence-electron chi connectivity index (χ2n) is 36.5. The van der Waals surface area contributed by atoms with Gasteiger partial charge in [-0.1, -0.05) is 53.2 Å². The van der Waals surface area contributed by atoms with Crippen molar-refractivity contribution in [2.75, 3.05) is 46.2 Å². The summed E-state index contributed by atoms with van der Waals surface area (Å²) in [5, 5.41) is 254. The Hall–Kier alpha value is -2.31. The summed E-state index contributed by atoms with van der Waals surface area (Å²) < 4.78 is 95.9. The number of allylic oxidation sites excluding steroid dienone is 2. The third-order valence-corrected chi connectivity index (χ3v) is 29.1. The van der Waals surface area contributed by atoms with E-state index in [1.165, 1.54) is 13.8 Å². The topological polar surface area (TPSA) is 630 Å². The Bertz CT molecular complexity index is 3310. The molecule has 0 aromatic heterocycles. The molecule has 8 saturated heterocycles. The van der Waals surface area contributed by atoms with Gasteiger partial charge in [-0.3, -0.25) is 4.79 Å². The largest absolute Gasteiger partial charge is 0.432 e. The van der Waals surface area contributed by atoms with Gasteiger partial charge in [0, 0.05) is 5.41 Å². The van der Waals surface area contributed by atoms with Crippen molar-refractivity contribution >= 4 is 5.97 Å². The molecule has 40 heteroatoms. The zero-order chi connectivity index (χ0) is 84.4. The number of aliphatic hydroxyl groups excluding tert-OH is 23. The molecule has 23 N–H and O–H groups in total. The van der Waals surface area contributed by atoms with E-state index >= 15 is 4.79 Å². The van der Waals surface area contributed by atoms with Gasteiger partial charge in [0.15, 0.2) is 44.0 Å². The van der Waals surface area contributed by atoms with Crippen molar-refractivity contribution in [3.8, 4) is 0 Å². The van der Waals surface area contributed by atoms with Gasteiger partial charge >= 0.3 is 5.97 Å². The maximum absolute atomic E-state index is 15.3. The molecule has 13 rings (SSSR count). The summed E-state index contributed by atoms with van der Waals surface area (Å²) in [4.78, 5) is 15.3. The number of fused-ring (bicyclic) bond motifs is 7. The molecule has 13 aliphatic rings. The maximum Gasteiger partial charge on any atom is 0.315 e. The van der Waals surface area contributed by atoms with Crippen LogP contribution in [0.15, 0.2) is 11.6 Å². The van der Waals surface area contributed by atoms with Crippen LogP contribution in [0.3, 0.4) is 0 Å². The molecule has 0 bridgehead atoms. The van der Waals surface area contributed by atoms with Crippen molar-refractivity contribution in [3.63, 3.8) is 0 Å². The summed E-state index contributed by atoms with van der Waals surface area (Å²) in [6, 6.07) is 0. The van der Waals surface area contributed by atoms with Crippen molar-refractivity contribution in [1.82, 2.24) is 0 Å². The first-order valence-electron chi connectivity index (χ1n) is 40.6. The summed E-state index contributed by atoms with van der Waals surface area (Å²) in [6.45, 7) is 11.0. The Morgan fingerprint density at radius 3 is 1.56 bits per heavy atom. The highest BCUT2D eigenvalue weighted by atomic mass is 16.8. The van der Waals surface area contributed by atoms with E-state index in [1.807, 2.05) is 6.92 Å². The Morgan fingerprint density at radius 1 is 0.414 bits per heavy atom. The molecule has 668 valence electrons. The van der Waals surface area contributed by atoms with E-state index < -0.39 is 312 Å². The zero-order valence-electron chi connectivity index (χ0n) is 66.1. The molecule has 8 heterocycles. The number of rotatable bonds is 21. The van der Waals surface area contributed by atoms with Crippen LogP contribution >= 0.6 is 0 Å². The van der Waals surface area contributed by atoms with Crippen molar-refractivity contribution < 1.29 is 198 Å². The van der Waals surface area contributed by atoms with Crippen molar-refractivity contribution in [3.05, 3.63) is 11.6 Å². The van der Waals surface area contributed by atoms with E-state index in [4.69, 9.17) is 75.8 Å². The first kappa shape index (κ1) is 91.4. The normalized spacial score (nSPS) is 55.1. The molecular weight excluding hydrogens is 1550 g/mol. The number of carbonyl (C=O) groups excluding carboxylic acids is 1. The molecular formula is C76H124O40. The van der Waals surface area contributed by atoms with Gasteiger partial charge < -0.3 is 193 Å². The average molecular weight is 1680 g/mol. The first-order valence-corrected chi connectivity index (χ1v) is 40.6. The molecule has 0 aromatic rings. The van der Waals surface area contributed by atoms with E-state index in [9.17, 15) is 117 Å². The number of carbonyl (C=O) groups is 1. The van der Waals surface area contributed by atoms with Crippen LogP contribution in [0.5, 0.6) is 0 Å². The smallest absolute Gasteiger partial charge is 0.315 e. The van der Waals surface area contributed by atoms with Crippen LogP contribution in [-0.4, -0.2) is 409 Å². The van der Waals surface area contributed by atoms with Crippen LogP contribution in [0.25, 0.3) is 0 Å². The molecule has 0 spiro atoms. The number of esters is 1. The van der Waals surface area contributed by atoms with Gasteiger partial charge in [-0.25, -0.2) is 0 Å². The Morgan fingerprint density at radius 2 is 0.905 bits per heavy atom. The molecule has 8 aliphatic heterocycles. The fourth-order valence-corrected chi connectivity index (χ4v) is 21.7. The minimum atomic E-state index is -2.25. The lowest BCUT2D eigenvalue weighted by Gasteiger charge is -2.71. The fraction of sp³-hybridized carbons (Fsp3) is 0.961. The lowest BCUT2D eigenvalue weighted by molar-refractivity contribution is -0.406. The third-order valence-electron chi connectivity index (χ3n) is 29.1. The molecule has 4 saturated carbocycles. The van der Waals surface area contributed by atoms with Gasteiger partial charge in [-0.05, 0) is 117 Å². The minimum absolute atomic E-state index is 0.00362. The fourth-order valence-electron chi connectivity index (χ4n) is 21.7. The quantitative estimate of drug-likeness (QED) is 0.0288. The third kappa shape index (κ3) is 16.2. The van der Waals surface area contributed by atoms with Crippen LogP contribution in [0.2, 0.25) is 0 Å². The van der Waals surface area contributed by atoms with Gasteiger partial charge in [-0.15, -0.1) is 0 Å². The maximum atomic E-state index is 15.3.